The molecule has 3 rings (SSSR count). The van der Waals surface area contributed by atoms with E-state index in [1.54, 1.807) is 12.1 Å². The summed E-state index contributed by atoms with van der Waals surface area (Å²) in [4.78, 5) is 11.5. The molecule has 5 nitrogen and oxygen atoms in total. The number of nitrogens with one attached hydrogen (secondary N) is 1. The number of amides is 1. The van der Waals surface area contributed by atoms with Crippen molar-refractivity contribution in [1.82, 2.24) is 15.5 Å². The number of nitrogens with zero attached hydrogens (tertiary/aromatic N) is 2. The highest BCUT2D eigenvalue weighted by Gasteiger charge is 2.23. The Kier molecular flexibility index (Phi) is 3.93. The van der Waals surface area contributed by atoms with Crippen LogP contribution in [0.15, 0.2) is 33.9 Å². The summed E-state index contributed by atoms with van der Waals surface area (Å²) in [5, 5.41) is 11.8. The first-order valence-corrected chi connectivity index (χ1v) is 7.59. The highest BCUT2D eigenvalue weighted by atomic mass is 35.5. The van der Waals surface area contributed by atoms with Crippen LogP contribution >= 0.6 is 23.4 Å². The summed E-state index contributed by atoms with van der Waals surface area (Å²) in [5.74, 6) is 0.686. The van der Waals surface area contributed by atoms with E-state index >= 15 is 0 Å². The van der Waals surface area contributed by atoms with Gasteiger partial charge in [0.15, 0.2) is 0 Å². The molecule has 1 N–H and O–H groups in total. The second kappa shape index (κ2) is 5.85. The fourth-order valence-electron chi connectivity index (χ4n) is 1.63. The standard InChI is InChI=1S/C13H12ClN3O2S/c14-9-3-1-2-8(6-9)12-16-17-13(19-12)20-7-11(18)15-10-4-5-10/h1-3,6,10H,4-5,7H2,(H,15,18). The normalized spacial score (nSPS) is 14.2. The molecule has 0 atom stereocenters. The summed E-state index contributed by atoms with van der Waals surface area (Å²) in [6, 6.07) is 7.56. The summed E-state index contributed by atoms with van der Waals surface area (Å²) < 4.78 is 5.50. The topological polar surface area (TPSA) is 68.0 Å². The zero-order valence-electron chi connectivity index (χ0n) is 10.5. The third kappa shape index (κ3) is 3.52. The van der Waals surface area contributed by atoms with Crippen molar-refractivity contribution < 1.29 is 9.21 Å². The van der Waals surface area contributed by atoms with Crippen LogP contribution in [0.4, 0.5) is 0 Å². The molecule has 0 aliphatic heterocycles. The van der Waals surface area contributed by atoms with Crippen molar-refractivity contribution in [3.8, 4) is 11.5 Å². The molecule has 0 saturated heterocycles. The number of carbonyl (C=O) groups excluding carboxylic acids is 1. The van der Waals surface area contributed by atoms with Crippen molar-refractivity contribution in [2.24, 2.45) is 0 Å². The van der Waals surface area contributed by atoms with Crippen LogP contribution in [0.1, 0.15) is 12.8 Å². The molecule has 2 aromatic rings. The Morgan fingerprint density at radius 2 is 2.30 bits per heavy atom. The van der Waals surface area contributed by atoms with E-state index in [4.69, 9.17) is 16.0 Å². The zero-order chi connectivity index (χ0) is 13.9. The molecule has 1 aromatic heterocycles. The number of benzene rings is 1. The third-order valence-electron chi connectivity index (χ3n) is 2.75. The van der Waals surface area contributed by atoms with Crippen LogP contribution in [0.2, 0.25) is 5.02 Å². The van der Waals surface area contributed by atoms with Gasteiger partial charge in [0, 0.05) is 16.6 Å². The van der Waals surface area contributed by atoms with Gasteiger partial charge in [-0.2, -0.15) is 0 Å². The summed E-state index contributed by atoms with van der Waals surface area (Å²) >= 11 is 7.14. The van der Waals surface area contributed by atoms with Gasteiger partial charge in [0.1, 0.15) is 0 Å². The van der Waals surface area contributed by atoms with Crippen LogP contribution in [0.3, 0.4) is 0 Å². The van der Waals surface area contributed by atoms with Gasteiger partial charge in [-0.1, -0.05) is 29.4 Å². The minimum absolute atomic E-state index is 0.00000514. The van der Waals surface area contributed by atoms with E-state index < -0.39 is 0 Å². The maximum Gasteiger partial charge on any atom is 0.277 e. The van der Waals surface area contributed by atoms with Gasteiger partial charge in [-0.05, 0) is 31.0 Å². The number of aromatic nitrogens is 2. The zero-order valence-corrected chi connectivity index (χ0v) is 12.1. The quantitative estimate of drug-likeness (QED) is 0.860. The lowest BCUT2D eigenvalue weighted by atomic mass is 10.2. The largest absolute Gasteiger partial charge is 0.411 e. The van der Waals surface area contributed by atoms with Crippen molar-refractivity contribution in [2.75, 3.05) is 5.75 Å². The number of halogens is 1. The molecule has 7 heteroatoms. The van der Waals surface area contributed by atoms with Crippen LogP contribution < -0.4 is 5.32 Å². The Morgan fingerprint density at radius 3 is 3.05 bits per heavy atom. The fourth-order valence-corrected chi connectivity index (χ4v) is 2.40. The molecule has 1 fully saturated rings. The maximum absolute atomic E-state index is 11.5. The lowest BCUT2D eigenvalue weighted by Crippen LogP contribution is -2.26. The summed E-state index contributed by atoms with van der Waals surface area (Å²) in [6.45, 7) is 0. The molecule has 0 bridgehead atoms. The Hall–Kier alpha value is -1.53. The Morgan fingerprint density at radius 1 is 1.45 bits per heavy atom. The van der Waals surface area contributed by atoms with Crippen LogP contribution in [0, 0.1) is 0 Å². The van der Waals surface area contributed by atoms with Gasteiger partial charge in [0.25, 0.3) is 5.22 Å². The van der Waals surface area contributed by atoms with Gasteiger partial charge in [0.05, 0.1) is 5.75 Å². The Bertz CT molecular complexity index is 628. The summed E-state index contributed by atoms with van der Waals surface area (Å²) in [7, 11) is 0. The minimum Gasteiger partial charge on any atom is -0.411 e. The molecule has 1 aliphatic carbocycles. The molecule has 1 saturated carbocycles. The molecule has 1 heterocycles. The van der Waals surface area contributed by atoms with Crippen molar-refractivity contribution in [2.45, 2.75) is 24.1 Å². The van der Waals surface area contributed by atoms with Gasteiger partial charge < -0.3 is 9.73 Å². The highest BCUT2D eigenvalue weighted by Crippen LogP contribution is 2.25. The number of carbonyl (C=O) groups is 1. The predicted octanol–water partition coefficient (Wildman–Crippen LogP) is 2.76. The molecule has 0 spiro atoms. The number of rotatable bonds is 5. The van der Waals surface area contributed by atoms with E-state index in [1.165, 1.54) is 11.8 Å². The number of thioether (sulfide) groups is 1. The van der Waals surface area contributed by atoms with Gasteiger partial charge in [-0.3, -0.25) is 4.79 Å². The van der Waals surface area contributed by atoms with E-state index in [0.29, 0.717) is 22.2 Å². The summed E-state index contributed by atoms with van der Waals surface area (Å²) in [5.41, 5.74) is 0.763. The van der Waals surface area contributed by atoms with Crippen LogP contribution in [-0.2, 0) is 4.79 Å². The third-order valence-corrected chi connectivity index (χ3v) is 3.80. The van der Waals surface area contributed by atoms with E-state index in [-0.39, 0.29) is 11.7 Å². The average molecular weight is 310 g/mol. The molecular weight excluding hydrogens is 298 g/mol. The number of hydrogen-bond donors (Lipinski definition) is 1. The van der Waals surface area contributed by atoms with Gasteiger partial charge >= 0.3 is 0 Å². The molecule has 1 aliphatic rings. The second-order valence-electron chi connectivity index (χ2n) is 4.51. The first-order chi connectivity index (χ1) is 9.70. The van der Waals surface area contributed by atoms with Crippen molar-refractivity contribution >= 4 is 29.3 Å². The molecule has 1 aromatic carbocycles. The van der Waals surface area contributed by atoms with E-state index in [2.05, 4.69) is 15.5 Å². The second-order valence-corrected chi connectivity index (χ2v) is 5.88. The molecule has 0 unspecified atom stereocenters. The monoisotopic (exact) mass is 309 g/mol. The first-order valence-electron chi connectivity index (χ1n) is 6.22. The van der Waals surface area contributed by atoms with Crippen molar-refractivity contribution in [3.63, 3.8) is 0 Å². The van der Waals surface area contributed by atoms with Crippen molar-refractivity contribution in [3.05, 3.63) is 29.3 Å². The fraction of sp³-hybridized carbons (Fsp3) is 0.308. The first kappa shape index (κ1) is 13.5. The van der Waals surface area contributed by atoms with Gasteiger partial charge in [-0.25, -0.2) is 0 Å². The lowest BCUT2D eigenvalue weighted by Gasteiger charge is -1.99. The molecule has 1 amide bonds. The summed E-state index contributed by atoms with van der Waals surface area (Å²) in [6.07, 6.45) is 2.16. The highest BCUT2D eigenvalue weighted by molar-refractivity contribution is 7.99. The lowest BCUT2D eigenvalue weighted by molar-refractivity contribution is -0.118. The Labute approximate surface area is 125 Å². The molecule has 104 valence electrons. The smallest absolute Gasteiger partial charge is 0.277 e. The maximum atomic E-state index is 11.5. The average Bonchev–Trinajstić information content (AvgIpc) is 3.11. The SMILES string of the molecule is O=C(CSc1nnc(-c2cccc(Cl)c2)o1)NC1CC1. The predicted molar refractivity (Wildman–Crippen MR) is 76.6 cm³/mol. The van der Waals surface area contributed by atoms with E-state index in [0.717, 1.165) is 18.4 Å². The van der Waals surface area contributed by atoms with E-state index in [1.807, 2.05) is 12.1 Å². The van der Waals surface area contributed by atoms with Gasteiger partial charge in [-0.15, -0.1) is 10.2 Å². The number of hydrogen-bond acceptors (Lipinski definition) is 5. The Balaban J connectivity index is 1.60. The molecular formula is C13H12ClN3O2S. The van der Waals surface area contributed by atoms with E-state index in [9.17, 15) is 4.79 Å². The van der Waals surface area contributed by atoms with Gasteiger partial charge in [0.2, 0.25) is 11.8 Å². The molecule has 20 heavy (non-hydrogen) atoms. The van der Waals surface area contributed by atoms with Crippen LogP contribution in [0.25, 0.3) is 11.5 Å². The van der Waals surface area contributed by atoms with Crippen LogP contribution in [-0.4, -0.2) is 27.9 Å². The van der Waals surface area contributed by atoms with Crippen molar-refractivity contribution in [1.29, 1.82) is 0 Å². The minimum atomic E-state index is 0.00000514. The molecule has 0 radical (unpaired) electrons. The van der Waals surface area contributed by atoms with Crippen LogP contribution in [0.5, 0.6) is 0 Å².